The molecule has 0 spiro atoms. The van der Waals surface area contributed by atoms with Crippen molar-refractivity contribution in [1.82, 2.24) is 10.3 Å². The van der Waals surface area contributed by atoms with Crippen molar-refractivity contribution in [3.63, 3.8) is 0 Å². The van der Waals surface area contributed by atoms with Crippen molar-refractivity contribution >= 4 is 39.5 Å². The molecule has 4 rings (SSSR count). The van der Waals surface area contributed by atoms with Crippen LogP contribution in [-0.4, -0.2) is 38.1 Å². The molecule has 41 heavy (non-hydrogen) atoms. The van der Waals surface area contributed by atoms with Crippen LogP contribution in [-0.2, 0) is 27.6 Å². The molecule has 5 N–H and O–H groups in total. The summed E-state index contributed by atoms with van der Waals surface area (Å²) in [5.74, 6) is 4.35. The molecule has 1 aromatic heterocycles. The number of sulfonamides is 1. The van der Waals surface area contributed by atoms with Gasteiger partial charge in [-0.15, -0.1) is 11.3 Å². The fourth-order valence-corrected chi connectivity index (χ4v) is 5.82. The van der Waals surface area contributed by atoms with Crippen LogP contribution in [0.3, 0.4) is 0 Å². The van der Waals surface area contributed by atoms with Crippen LogP contribution in [0.25, 0.3) is 11.1 Å². The van der Waals surface area contributed by atoms with Crippen LogP contribution in [0.5, 0.6) is 0 Å². The highest BCUT2D eigenvalue weighted by Crippen LogP contribution is 2.28. The zero-order chi connectivity index (χ0) is 29.4. The molecule has 12 heteroatoms. The van der Waals surface area contributed by atoms with Crippen molar-refractivity contribution in [3.05, 3.63) is 106 Å². The molecule has 1 amide bonds. The molecule has 4 aromatic rings. The van der Waals surface area contributed by atoms with Crippen LogP contribution >= 0.6 is 11.3 Å². The summed E-state index contributed by atoms with van der Waals surface area (Å²) in [6.07, 6.45) is 2.58. The van der Waals surface area contributed by atoms with Gasteiger partial charge in [0.05, 0.1) is 17.5 Å². The smallest absolute Gasteiger partial charge is 0.357 e. The normalized spacial score (nSPS) is 12.2. The molecule has 1 heterocycles. The summed E-state index contributed by atoms with van der Waals surface area (Å²) in [6, 6.07) is 20.2. The topological polar surface area (TPSA) is 167 Å². The molecule has 0 aliphatic heterocycles. The van der Waals surface area contributed by atoms with E-state index < -0.39 is 22.0 Å². The van der Waals surface area contributed by atoms with Crippen LogP contribution in [0.4, 0.5) is 0 Å². The second kappa shape index (κ2) is 13.3. The second-order valence-electron chi connectivity index (χ2n) is 9.00. The number of amides is 1. The summed E-state index contributed by atoms with van der Waals surface area (Å²) >= 11 is 1.26. The number of primary sulfonamides is 1. The molecule has 1 unspecified atom stereocenters. The van der Waals surface area contributed by atoms with E-state index in [1.165, 1.54) is 17.4 Å². The number of thiazole rings is 1. The first-order valence-corrected chi connectivity index (χ1v) is 15.1. The quantitative estimate of drug-likeness (QED) is 0.103. The summed E-state index contributed by atoms with van der Waals surface area (Å²) in [6.45, 7) is 1.94. The third-order valence-electron chi connectivity index (χ3n) is 6.13. The van der Waals surface area contributed by atoms with Crippen molar-refractivity contribution in [3.8, 4) is 11.1 Å². The average Bonchev–Trinajstić information content (AvgIpc) is 3.46. The highest BCUT2D eigenvalue weighted by molar-refractivity contribution is 7.89. The summed E-state index contributed by atoms with van der Waals surface area (Å²) in [5.41, 5.74) is 3.52. The predicted octanol–water partition coefficient (Wildman–Crippen LogP) is 3.84. The first kappa shape index (κ1) is 29.6. The monoisotopic (exact) mass is 591 g/mol. The Morgan fingerprint density at radius 3 is 2.51 bits per heavy atom. The molecule has 0 saturated carbocycles. The summed E-state index contributed by atoms with van der Waals surface area (Å²) in [4.78, 5) is 30.1. The lowest BCUT2D eigenvalue weighted by Crippen LogP contribution is -2.30. The molecule has 10 nitrogen and oxygen atoms in total. The number of nitrogens with one attached hydrogen (secondary N) is 1. The Bertz CT molecular complexity index is 1670. The third kappa shape index (κ3) is 7.63. The fraction of sp³-hybridized carbons (Fsp3) is 0.172. The molecule has 0 radical (unpaired) electrons. The van der Waals surface area contributed by atoms with Crippen LogP contribution in [0, 0.1) is 0 Å². The Hall–Kier alpha value is -4.39. The van der Waals surface area contributed by atoms with Gasteiger partial charge in [-0.2, -0.15) is 5.10 Å². The minimum absolute atomic E-state index is 0.00148. The molecule has 212 valence electrons. The summed E-state index contributed by atoms with van der Waals surface area (Å²) < 4.78 is 29.1. The number of aromatic nitrogens is 1. The molecule has 0 aliphatic carbocycles. The molecule has 3 aromatic carbocycles. The number of rotatable bonds is 11. The number of ether oxygens (including phenoxy) is 1. The number of carbonyl (C=O) groups is 2. The van der Waals surface area contributed by atoms with E-state index in [1.54, 1.807) is 61.0 Å². The summed E-state index contributed by atoms with van der Waals surface area (Å²) in [5, 5.41) is 14.1. The number of carbonyl (C=O) groups excluding carboxylic acids is 2. The van der Waals surface area contributed by atoms with Gasteiger partial charge in [0.25, 0.3) is 5.91 Å². The minimum Gasteiger partial charge on any atom is -0.461 e. The first-order chi connectivity index (χ1) is 19.7. The number of nitrogens with two attached hydrogens (primary N) is 2. The molecule has 0 saturated heterocycles. The Morgan fingerprint density at radius 2 is 1.80 bits per heavy atom. The van der Waals surface area contributed by atoms with Crippen molar-refractivity contribution in [2.24, 2.45) is 16.1 Å². The predicted molar refractivity (Wildman–Crippen MR) is 158 cm³/mol. The lowest BCUT2D eigenvalue weighted by atomic mass is 10.0. The SMILES string of the molecule is CCOC(=O)c1csc(C(Cc2cccc(CC=NN)c2)NC(=O)c2ccc(-c3ccccc3S(N)(=O)=O)cc2)n1. The van der Waals surface area contributed by atoms with Gasteiger partial charge >= 0.3 is 5.97 Å². The van der Waals surface area contributed by atoms with Crippen LogP contribution in [0.2, 0.25) is 0 Å². The van der Waals surface area contributed by atoms with Crippen molar-refractivity contribution < 1.29 is 22.7 Å². The van der Waals surface area contributed by atoms with Gasteiger partial charge in [0, 0.05) is 29.1 Å². The number of hydrazone groups is 1. The standard InChI is InChI=1S/C29H29N5O5S2/c1-2-39-29(36)25-18-40-28(34-25)24(17-20-7-5-6-19(16-20)14-15-32-30)33-27(35)22-12-10-21(11-13-22)23-8-3-4-9-26(23)41(31,37)38/h3-13,15-16,18,24H,2,14,17,30H2,1H3,(H,33,35)(H2,31,37,38). The third-order valence-corrected chi connectivity index (χ3v) is 8.05. The van der Waals surface area contributed by atoms with E-state index in [-0.39, 0.29) is 23.1 Å². The maximum absolute atomic E-state index is 13.4. The molecule has 0 fully saturated rings. The van der Waals surface area contributed by atoms with Gasteiger partial charge in [0.1, 0.15) is 5.01 Å². The van der Waals surface area contributed by atoms with Crippen LogP contribution < -0.4 is 16.3 Å². The summed E-state index contributed by atoms with van der Waals surface area (Å²) in [7, 11) is -3.93. The van der Waals surface area contributed by atoms with Crippen molar-refractivity contribution in [1.29, 1.82) is 0 Å². The van der Waals surface area contributed by atoms with E-state index in [4.69, 9.17) is 15.7 Å². The van der Waals surface area contributed by atoms with Gasteiger partial charge in [0.2, 0.25) is 10.0 Å². The Balaban J connectivity index is 1.60. The highest BCUT2D eigenvalue weighted by Gasteiger charge is 2.22. The van der Waals surface area contributed by atoms with E-state index in [0.717, 1.165) is 11.1 Å². The Morgan fingerprint density at radius 1 is 1.07 bits per heavy atom. The Kier molecular flexibility index (Phi) is 9.61. The van der Waals surface area contributed by atoms with E-state index in [1.807, 2.05) is 24.3 Å². The molecular weight excluding hydrogens is 562 g/mol. The molecule has 1 atom stereocenters. The Labute approximate surface area is 242 Å². The van der Waals surface area contributed by atoms with Gasteiger partial charge in [0.15, 0.2) is 5.69 Å². The maximum atomic E-state index is 13.4. The maximum Gasteiger partial charge on any atom is 0.357 e. The minimum atomic E-state index is -3.93. The highest BCUT2D eigenvalue weighted by atomic mass is 32.2. The van der Waals surface area contributed by atoms with Gasteiger partial charge in [-0.1, -0.05) is 54.6 Å². The molecular formula is C29H29N5O5S2. The van der Waals surface area contributed by atoms with Gasteiger partial charge < -0.3 is 15.9 Å². The zero-order valence-corrected chi connectivity index (χ0v) is 23.8. The average molecular weight is 592 g/mol. The van der Waals surface area contributed by atoms with Crippen LogP contribution in [0.15, 0.2) is 88.2 Å². The lowest BCUT2D eigenvalue weighted by Gasteiger charge is -2.18. The molecule has 0 aliphatic rings. The van der Waals surface area contributed by atoms with Crippen molar-refractivity contribution in [2.75, 3.05) is 6.61 Å². The van der Waals surface area contributed by atoms with Crippen LogP contribution in [0.1, 0.15) is 49.9 Å². The fourth-order valence-electron chi connectivity index (χ4n) is 4.22. The number of esters is 1. The molecule has 0 bridgehead atoms. The lowest BCUT2D eigenvalue weighted by molar-refractivity contribution is 0.0520. The van der Waals surface area contributed by atoms with E-state index >= 15 is 0 Å². The van der Waals surface area contributed by atoms with E-state index in [0.29, 0.717) is 34.5 Å². The number of hydrogen-bond acceptors (Lipinski definition) is 9. The first-order valence-electron chi connectivity index (χ1n) is 12.6. The number of benzene rings is 3. The largest absolute Gasteiger partial charge is 0.461 e. The van der Waals surface area contributed by atoms with Gasteiger partial charge in [-0.25, -0.2) is 23.3 Å². The van der Waals surface area contributed by atoms with Gasteiger partial charge in [-0.05, 0) is 48.2 Å². The number of hydrogen-bond donors (Lipinski definition) is 3. The van der Waals surface area contributed by atoms with Crippen molar-refractivity contribution in [2.45, 2.75) is 30.7 Å². The zero-order valence-electron chi connectivity index (χ0n) is 22.2. The van der Waals surface area contributed by atoms with E-state index in [2.05, 4.69) is 15.4 Å². The second-order valence-corrected chi connectivity index (χ2v) is 11.4. The number of nitrogens with zero attached hydrogens (tertiary/aromatic N) is 2. The van der Waals surface area contributed by atoms with Gasteiger partial charge in [-0.3, -0.25) is 4.79 Å². The van der Waals surface area contributed by atoms with E-state index in [9.17, 15) is 18.0 Å².